The third-order valence-electron chi connectivity index (χ3n) is 3.88. The zero-order valence-electron chi connectivity index (χ0n) is 13.1. The summed E-state index contributed by atoms with van der Waals surface area (Å²) in [5, 5.41) is 0. The third-order valence-corrected chi connectivity index (χ3v) is 3.88. The van der Waals surface area contributed by atoms with E-state index in [9.17, 15) is 0 Å². The zero-order valence-corrected chi connectivity index (χ0v) is 13.1. The third kappa shape index (κ3) is 7.28. The topological polar surface area (TPSA) is 44.5 Å². The second-order valence-corrected chi connectivity index (χ2v) is 6.29. The van der Waals surface area contributed by atoms with Crippen molar-refractivity contribution in [1.82, 2.24) is 0 Å². The van der Waals surface area contributed by atoms with Crippen LogP contribution in [0, 0.1) is 0 Å². The second-order valence-electron chi connectivity index (χ2n) is 6.29. The van der Waals surface area contributed by atoms with Crippen LogP contribution in [-0.2, 0) is 9.47 Å². The highest BCUT2D eigenvalue weighted by molar-refractivity contribution is 4.80. The number of rotatable bonds is 9. The van der Waals surface area contributed by atoms with Gasteiger partial charge in [-0.3, -0.25) is 0 Å². The van der Waals surface area contributed by atoms with Crippen molar-refractivity contribution >= 4 is 0 Å². The van der Waals surface area contributed by atoms with E-state index in [0.29, 0.717) is 6.61 Å². The summed E-state index contributed by atoms with van der Waals surface area (Å²) in [5.74, 6) is -0.458. The molecule has 3 nitrogen and oxygen atoms in total. The Labute approximate surface area is 119 Å². The molecule has 1 fully saturated rings. The predicted octanol–water partition coefficient (Wildman–Crippen LogP) is 4.00. The number of hydrogen-bond acceptors (Lipinski definition) is 3. The van der Waals surface area contributed by atoms with Crippen LogP contribution in [0.1, 0.15) is 78.6 Å². The minimum absolute atomic E-state index is 0.0394. The summed E-state index contributed by atoms with van der Waals surface area (Å²) >= 11 is 0. The SMILES string of the molecule is CCCCCCCCCC[C@@H]1OC(C)(C)OC[C@H]1N. The maximum Gasteiger partial charge on any atom is 0.163 e. The Morgan fingerprint density at radius 2 is 1.58 bits per heavy atom. The number of ether oxygens (including phenoxy) is 2. The summed E-state index contributed by atoms with van der Waals surface area (Å²) < 4.78 is 11.4. The first-order valence-electron chi connectivity index (χ1n) is 8.12. The Morgan fingerprint density at radius 3 is 2.21 bits per heavy atom. The molecule has 0 saturated carbocycles. The molecule has 0 amide bonds. The average molecular weight is 271 g/mol. The van der Waals surface area contributed by atoms with Crippen LogP contribution in [0.3, 0.4) is 0 Å². The van der Waals surface area contributed by atoms with Crippen LogP contribution in [0.4, 0.5) is 0 Å². The predicted molar refractivity (Wildman–Crippen MR) is 80.1 cm³/mol. The Hall–Kier alpha value is -0.120. The van der Waals surface area contributed by atoms with Crippen LogP contribution in [0.5, 0.6) is 0 Å². The van der Waals surface area contributed by atoms with Crippen molar-refractivity contribution in [2.75, 3.05) is 6.61 Å². The number of hydrogen-bond donors (Lipinski definition) is 1. The van der Waals surface area contributed by atoms with Crippen molar-refractivity contribution in [2.45, 2.75) is 96.5 Å². The summed E-state index contributed by atoms with van der Waals surface area (Å²) in [6.07, 6.45) is 12.0. The van der Waals surface area contributed by atoms with Gasteiger partial charge >= 0.3 is 0 Å². The van der Waals surface area contributed by atoms with Gasteiger partial charge in [-0.05, 0) is 20.3 Å². The monoisotopic (exact) mass is 271 g/mol. The van der Waals surface area contributed by atoms with Crippen molar-refractivity contribution < 1.29 is 9.47 Å². The lowest BCUT2D eigenvalue weighted by Gasteiger charge is -2.39. The van der Waals surface area contributed by atoms with Gasteiger partial charge in [-0.2, -0.15) is 0 Å². The molecule has 0 spiro atoms. The van der Waals surface area contributed by atoms with E-state index in [0.717, 1.165) is 6.42 Å². The summed E-state index contributed by atoms with van der Waals surface area (Å²) in [6, 6.07) is 0.0394. The molecule has 1 aliphatic rings. The highest BCUT2D eigenvalue weighted by Crippen LogP contribution is 2.24. The quantitative estimate of drug-likeness (QED) is 0.645. The van der Waals surface area contributed by atoms with E-state index < -0.39 is 5.79 Å². The van der Waals surface area contributed by atoms with E-state index in [2.05, 4.69) is 6.92 Å². The molecule has 0 bridgehead atoms. The molecule has 19 heavy (non-hydrogen) atoms. The highest BCUT2D eigenvalue weighted by Gasteiger charge is 2.33. The fourth-order valence-electron chi connectivity index (χ4n) is 2.64. The number of nitrogens with two attached hydrogens (primary N) is 1. The molecule has 0 aromatic heterocycles. The highest BCUT2D eigenvalue weighted by atomic mass is 16.7. The van der Waals surface area contributed by atoms with Crippen LogP contribution in [0.15, 0.2) is 0 Å². The van der Waals surface area contributed by atoms with Gasteiger partial charge in [0.25, 0.3) is 0 Å². The molecule has 114 valence electrons. The lowest BCUT2D eigenvalue weighted by molar-refractivity contribution is -0.280. The maximum atomic E-state index is 6.05. The number of unbranched alkanes of at least 4 members (excludes halogenated alkanes) is 7. The minimum atomic E-state index is -0.458. The van der Waals surface area contributed by atoms with E-state index in [1.165, 1.54) is 51.4 Å². The molecule has 1 saturated heterocycles. The van der Waals surface area contributed by atoms with Crippen LogP contribution >= 0.6 is 0 Å². The Bertz CT molecular complexity index is 231. The summed E-state index contributed by atoms with van der Waals surface area (Å²) in [4.78, 5) is 0. The van der Waals surface area contributed by atoms with Crippen LogP contribution in [0.2, 0.25) is 0 Å². The van der Waals surface area contributed by atoms with Crippen molar-refractivity contribution in [2.24, 2.45) is 5.73 Å². The van der Waals surface area contributed by atoms with Gasteiger partial charge in [-0.1, -0.05) is 58.3 Å². The van der Waals surface area contributed by atoms with Crippen LogP contribution in [0.25, 0.3) is 0 Å². The molecule has 0 unspecified atom stereocenters. The molecule has 1 heterocycles. The molecule has 1 rings (SSSR count). The molecular formula is C16H33NO2. The van der Waals surface area contributed by atoms with Crippen LogP contribution in [-0.4, -0.2) is 24.5 Å². The first kappa shape index (κ1) is 16.9. The normalized spacial score (nSPS) is 26.5. The van der Waals surface area contributed by atoms with Gasteiger partial charge in [0, 0.05) is 0 Å². The van der Waals surface area contributed by atoms with E-state index in [4.69, 9.17) is 15.2 Å². The van der Waals surface area contributed by atoms with Crippen molar-refractivity contribution in [3.63, 3.8) is 0 Å². The van der Waals surface area contributed by atoms with Gasteiger partial charge in [-0.15, -0.1) is 0 Å². The van der Waals surface area contributed by atoms with E-state index >= 15 is 0 Å². The molecule has 0 aromatic carbocycles. The summed E-state index contributed by atoms with van der Waals surface area (Å²) in [5.41, 5.74) is 6.05. The summed E-state index contributed by atoms with van der Waals surface area (Å²) in [6.45, 7) is 6.83. The molecule has 0 aromatic rings. The van der Waals surface area contributed by atoms with Crippen molar-refractivity contribution in [3.8, 4) is 0 Å². The van der Waals surface area contributed by atoms with Gasteiger partial charge < -0.3 is 15.2 Å². The smallest absolute Gasteiger partial charge is 0.163 e. The Balaban J connectivity index is 2.02. The van der Waals surface area contributed by atoms with E-state index in [-0.39, 0.29) is 12.1 Å². The Kier molecular flexibility index (Phi) is 7.96. The second kappa shape index (κ2) is 8.93. The molecule has 3 heteroatoms. The van der Waals surface area contributed by atoms with Gasteiger partial charge in [-0.25, -0.2) is 0 Å². The molecule has 2 atom stereocenters. The van der Waals surface area contributed by atoms with Gasteiger partial charge in [0.1, 0.15) is 0 Å². The molecule has 2 N–H and O–H groups in total. The van der Waals surface area contributed by atoms with E-state index in [1.54, 1.807) is 0 Å². The maximum absolute atomic E-state index is 6.05. The zero-order chi connectivity index (χ0) is 14.1. The fraction of sp³-hybridized carbons (Fsp3) is 1.00. The average Bonchev–Trinajstić information content (AvgIpc) is 2.36. The van der Waals surface area contributed by atoms with Gasteiger partial charge in [0.2, 0.25) is 0 Å². The van der Waals surface area contributed by atoms with Crippen molar-refractivity contribution in [1.29, 1.82) is 0 Å². The Morgan fingerprint density at radius 1 is 1.00 bits per heavy atom. The van der Waals surface area contributed by atoms with Gasteiger partial charge in [0.05, 0.1) is 18.8 Å². The standard InChI is InChI=1S/C16H33NO2/c1-4-5-6-7-8-9-10-11-12-15-14(17)13-18-16(2,3)19-15/h14-15H,4-13,17H2,1-3H3/t14-,15+/m1/s1. The van der Waals surface area contributed by atoms with Crippen molar-refractivity contribution in [3.05, 3.63) is 0 Å². The molecule has 0 radical (unpaired) electrons. The first-order chi connectivity index (χ1) is 9.05. The lowest BCUT2D eigenvalue weighted by Crippen LogP contribution is -2.52. The molecule has 1 aliphatic heterocycles. The van der Waals surface area contributed by atoms with E-state index in [1.807, 2.05) is 13.8 Å². The van der Waals surface area contributed by atoms with Crippen LogP contribution < -0.4 is 5.73 Å². The fourth-order valence-corrected chi connectivity index (χ4v) is 2.64. The molecular weight excluding hydrogens is 238 g/mol. The lowest BCUT2D eigenvalue weighted by atomic mass is 10.0. The largest absolute Gasteiger partial charge is 0.349 e. The van der Waals surface area contributed by atoms with Gasteiger partial charge in [0.15, 0.2) is 5.79 Å². The first-order valence-corrected chi connectivity index (χ1v) is 8.12. The molecule has 0 aliphatic carbocycles. The summed E-state index contributed by atoms with van der Waals surface area (Å²) in [7, 11) is 0. The minimum Gasteiger partial charge on any atom is -0.349 e.